The van der Waals surface area contributed by atoms with E-state index in [-0.39, 0.29) is 11.7 Å². The van der Waals surface area contributed by atoms with Crippen LogP contribution in [-0.2, 0) is 5.88 Å². The monoisotopic (exact) mass is 342 g/mol. The molecule has 0 aliphatic heterocycles. The van der Waals surface area contributed by atoms with Gasteiger partial charge in [0.25, 0.3) is 0 Å². The third-order valence-electron chi connectivity index (χ3n) is 2.73. The Morgan fingerprint density at radius 2 is 1.63 bits per heavy atom. The summed E-state index contributed by atoms with van der Waals surface area (Å²) in [6.45, 7) is 3.97. The van der Waals surface area contributed by atoms with Gasteiger partial charge < -0.3 is 4.74 Å². The van der Waals surface area contributed by atoms with E-state index >= 15 is 0 Å². The maximum absolute atomic E-state index is 13.4. The molecule has 0 atom stereocenters. The number of benzene rings is 2. The van der Waals surface area contributed by atoms with Gasteiger partial charge in [0.15, 0.2) is 0 Å². The van der Waals surface area contributed by atoms with Crippen LogP contribution in [0.3, 0.4) is 0 Å². The van der Waals surface area contributed by atoms with Crippen molar-refractivity contribution in [1.82, 2.24) is 0 Å². The van der Waals surface area contributed by atoms with Gasteiger partial charge in [-0.1, -0.05) is 15.9 Å². The lowest BCUT2D eigenvalue weighted by atomic mass is 10.1. The highest BCUT2D eigenvalue weighted by Crippen LogP contribution is 2.30. The van der Waals surface area contributed by atoms with E-state index in [1.165, 1.54) is 12.1 Å². The Morgan fingerprint density at radius 3 is 2.21 bits per heavy atom. The molecule has 0 aliphatic carbocycles. The zero-order valence-corrected chi connectivity index (χ0v) is 13.0. The second kappa shape index (κ2) is 5.93. The predicted molar refractivity (Wildman–Crippen MR) is 79.6 cm³/mol. The highest BCUT2D eigenvalue weighted by Gasteiger charge is 2.06. The standard InChI is InChI=1S/C15H13BrClFO/c1-9-3-13(4-10(2)15(9)16)19-14-6-11(8-17)5-12(18)7-14/h3-7H,8H2,1-2H3. The molecule has 2 aromatic carbocycles. The zero-order valence-electron chi connectivity index (χ0n) is 10.6. The van der Waals surface area contributed by atoms with Crippen LogP contribution < -0.4 is 4.74 Å². The van der Waals surface area contributed by atoms with Crippen molar-refractivity contribution in [3.05, 3.63) is 57.3 Å². The van der Waals surface area contributed by atoms with Gasteiger partial charge in [0.2, 0.25) is 0 Å². The molecular weight excluding hydrogens is 331 g/mol. The van der Waals surface area contributed by atoms with Gasteiger partial charge in [0.05, 0.1) is 0 Å². The molecule has 0 amide bonds. The number of rotatable bonds is 3. The molecular formula is C15H13BrClFO. The van der Waals surface area contributed by atoms with Crippen molar-refractivity contribution in [3.63, 3.8) is 0 Å². The summed E-state index contributed by atoms with van der Waals surface area (Å²) in [5.74, 6) is 1.05. The van der Waals surface area contributed by atoms with Crippen molar-refractivity contribution in [3.8, 4) is 11.5 Å². The molecule has 19 heavy (non-hydrogen) atoms. The van der Waals surface area contributed by atoms with E-state index in [0.717, 1.165) is 15.6 Å². The first-order chi connectivity index (χ1) is 8.99. The summed E-state index contributed by atoms with van der Waals surface area (Å²) in [5, 5.41) is 0. The van der Waals surface area contributed by atoms with E-state index in [1.807, 2.05) is 26.0 Å². The number of ether oxygens (including phenoxy) is 1. The second-order valence-electron chi connectivity index (χ2n) is 4.40. The van der Waals surface area contributed by atoms with Gasteiger partial charge in [-0.15, -0.1) is 11.6 Å². The third-order valence-corrected chi connectivity index (χ3v) is 4.29. The van der Waals surface area contributed by atoms with Crippen molar-refractivity contribution in [2.75, 3.05) is 0 Å². The van der Waals surface area contributed by atoms with Gasteiger partial charge in [0.1, 0.15) is 17.3 Å². The molecule has 0 saturated heterocycles. The van der Waals surface area contributed by atoms with E-state index in [2.05, 4.69) is 15.9 Å². The summed E-state index contributed by atoms with van der Waals surface area (Å²) < 4.78 is 20.1. The van der Waals surface area contributed by atoms with Crippen LogP contribution in [-0.4, -0.2) is 0 Å². The molecule has 0 fully saturated rings. The number of hydrogen-bond donors (Lipinski definition) is 0. The van der Waals surface area contributed by atoms with Crippen LogP contribution in [0.1, 0.15) is 16.7 Å². The molecule has 1 nitrogen and oxygen atoms in total. The normalized spacial score (nSPS) is 10.6. The van der Waals surface area contributed by atoms with Crippen LogP contribution in [0.15, 0.2) is 34.8 Å². The Bertz CT molecular complexity index is 590. The first kappa shape index (κ1) is 14.4. The number of alkyl halides is 1. The van der Waals surface area contributed by atoms with E-state index in [4.69, 9.17) is 16.3 Å². The first-order valence-electron chi connectivity index (χ1n) is 5.79. The van der Waals surface area contributed by atoms with Crippen LogP contribution in [0.5, 0.6) is 11.5 Å². The lowest BCUT2D eigenvalue weighted by Crippen LogP contribution is -1.91. The number of halogens is 3. The van der Waals surface area contributed by atoms with Crippen molar-refractivity contribution < 1.29 is 9.13 Å². The maximum atomic E-state index is 13.4. The largest absolute Gasteiger partial charge is 0.457 e. The van der Waals surface area contributed by atoms with Crippen molar-refractivity contribution in [2.24, 2.45) is 0 Å². The number of aryl methyl sites for hydroxylation is 2. The molecule has 0 aliphatic rings. The molecule has 0 aromatic heterocycles. The van der Waals surface area contributed by atoms with Crippen LogP contribution in [0.25, 0.3) is 0 Å². The molecule has 2 rings (SSSR count). The summed E-state index contributed by atoms with van der Waals surface area (Å²) in [5.41, 5.74) is 2.84. The molecule has 0 heterocycles. The lowest BCUT2D eigenvalue weighted by Gasteiger charge is -2.10. The van der Waals surface area contributed by atoms with Gasteiger partial charge in [-0.25, -0.2) is 4.39 Å². The Labute approximate surface area is 125 Å². The van der Waals surface area contributed by atoms with E-state index in [1.54, 1.807) is 6.07 Å². The minimum atomic E-state index is -0.348. The Morgan fingerprint density at radius 1 is 1.05 bits per heavy atom. The van der Waals surface area contributed by atoms with Crippen LogP contribution >= 0.6 is 27.5 Å². The van der Waals surface area contributed by atoms with Crippen LogP contribution in [0, 0.1) is 19.7 Å². The van der Waals surface area contributed by atoms with Crippen molar-refractivity contribution in [2.45, 2.75) is 19.7 Å². The van der Waals surface area contributed by atoms with Crippen LogP contribution in [0.2, 0.25) is 0 Å². The predicted octanol–water partition coefficient (Wildman–Crippen LogP) is 5.74. The Balaban J connectivity index is 2.33. The fourth-order valence-electron chi connectivity index (χ4n) is 1.86. The SMILES string of the molecule is Cc1cc(Oc2cc(F)cc(CCl)c2)cc(C)c1Br. The molecule has 0 unspecified atom stereocenters. The first-order valence-corrected chi connectivity index (χ1v) is 7.12. The fraction of sp³-hybridized carbons (Fsp3) is 0.200. The molecule has 2 aromatic rings. The molecule has 0 saturated carbocycles. The van der Waals surface area contributed by atoms with Crippen molar-refractivity contribution >= 4 is 27.5 Å². The fourth-order valence-corrected chi connectivity index (χ4v) is 2.24. The summed E-state index contributed by atoms with van der Waals surface area (Å²) in [7, 11) is 0. The molecule has 4 heteroatoms. The average molecular weight is 344 g/mol. The van der Waals surface area contributed by atoms with E-state index in [9.17, 15) is 4.39 Å². The van der Waals surface area contributed by atoms with Gasteiger partial charge in [0, 0.05) is 16.4 Å². The van der Waals surface area contributed by atoms with Gasteiger partial charge in [-0.2, -0.15) is 0 Å². The molecule has 100 valence electrons. The highest BCUT2D eigenvalue weighted by molar-refractivity contribution is 9.10. The van der Waals surface area contributed by atoms with Gasteiger partial charge >= 0.3 is 0 Å². The summed E-state index contributed by atoms with van der Waals surface area (Å²) >= 11 is 9.22. The third kappa shape index (κ3) is 3.48. The van der Waals surface area contributed by atoms with Gasteiger partial charge in [-0.3, -0.25) is 0 Å². The van der Waals surface area contributed by atoms with Crippen LogP contribution in [0.4, 0.5) is 4.39 Å². The van der Waals surface area contributed by atoms with Gasteiger partial charge in [-0.05, 0) is 54.8 Å². The van der Waals surface area contributed by atoms with E-state index < -0.39 is 0 Å². The topological polar surface area (TPSA) is 9.23 Å². The molecule has 0 N–H and O–H groups in total. The Kier molecular flexibility index (Phi) is 4.48. The van der Waals surface area contributed by atoms with Crippen molar-refractivity contribution in [1.29, 1.82) is 0 Å². The Hall–Kier alpha value is -1.06. The molecule has 0 spiro atoms. The lowest BCUT2D eigenvalue weighted by molar-refractivity contribution is 0.475. The quantitative estimate of drug-likeness (QED) is 0.646. The number of hydrogen-bond acceptors (Lipinski definition) is 1. The summed E-state index contributed by atoms with van der Waals surface area (Å²) in [4.78, 5) is 0. The minimum Gasteiger partial charge on any atom is -0.457 e. The maximum Gasteiger partial charge on any atom is 0.130 e. The highest BCUT2D eigenvalue weighted by atomic mass is 79.9. The average Bonchev–Trinajstić information content (AvgIpc) is 2.35. The second-order valence-corrected chi connectivity index (χ2v) is 5.46. The smallest absolute Gasteiger partial charge is 0.130 e. The summed E-state index contributed by atoms with van der Waals surface area (Å²) in [6, 6.07) is 8.30. The van der Waals surface area contributed by atoms with E-state index in [0.29, 0.717) is 17.1 Å². The summed E-state index contributed by atoms with van der Waals surface area (Å²) in [6.07, 6.45) is 0. The zero-order chi connectivity index (χ0) is 14.0. The molecule has 0 bridgehead atoms. The minimum absolute atomic E-state index is 0.256. The molecule has 0 radical (unpaired) electrons.